The van der Waals surface area contributed by atoms with Crippen molar-refractivity contribution in [3.05, 3.63) is 95.7 Å². The van der Waals surface area contributed by atoms with E-state index in [9.17, 15) is 4.79 Å². The third-order valence-electron chi connectivity index (χ3n) is 4.43. The summed E-state index contributed by atoms with van der Waals surface area (Å²) in [5, 5.41) is 3.55. The number of anilines is 2. The Balaban J connectivity index is 1.47. The molecule has 0 unspecified atom stereocenters. The van der Waals surface area contributed by atoms with Gasteiger partial charge in [0, 0.05) is 22.0 Å². The van der Waals surface area contributed by atoms with Crippen LogP contribution in [0.3, 0.4) is 0 Å². The average Bonchev–Trinajstić information content (AvgIpc) is 3.30. The van der Waals surface area contributed by atoms with Crippen molar-refractivity contribution >= 4 is 40.8 Å². The zero-order valence-corrected chi connectivity index (χ0v) is 18.2. The smallest absolute Gasteiger partial charge is 0.291 e. The summed E-state index contributed by atoms with van der Waals surface area (Å²) in [6.07, 6.45) is 0. The number of hydrogen-bond acceptors (Lipinski definition) is 5. The summed E-state index contributed by atoms with van der Waals surface area (Å²) in [4.78, 5) is 13.5. The molecule has 2 N–H and O–H groups in total. The van der Waals surface area contributed by atoms with Crippen molar-refractivity contribution in [1.82, 2.24) is 0 Å². The minimum Gasteiger partial charge on any atom is -0.496 e. The summed E-state index contributed by atoms with van der Waals surface area (Å²) >= 11 is 7.31. The maximum Gasteiger partial charge on any atom is 0.291 e. The molecule has 5 nitrogen and oxygen atoms in total. The second-order valence-electron chi connectivity index (χ2n) is 6.56. The monoisotopic (exact) mass is 450 g/mol. The van der Waals surface area contributed by atoms with Gasteiger partial charge >= 0.3 is 0 Å². The summed E-state index contributed by atoms with van der Waals surface area (Å²) in [6.45, 7) is 0. The molecule has 4 rings (SSSR count). The van der Waals surface area contributed by atoms with Crippen LogP contribution in [0.2, 0.25) is 5.02 Å². The van der Waals surface area contributed by atoms with Crippen LogP contribution in [0.5, 0.6) is 5.75 Å². The quantitative estimate of drug-likeness (QED) is 0.297. The van der Waals surface area contributed by atoms with E-state index in [0.29, 0.717) is 22.2 Å². The minimum absolute atomic E-state index is 0.239. The van der Waals surface area contributed by atoms with E-state index < -0.39 is 0 Å². The summed E-state index contributed by atoms with van der Waals surface area (Å²) in [5.74, 6) is 1.25. The number of nitrogens with one attached hydrogen (secondary N) is 2. The van der Waals surface area contributed by atoms with E-state index in [-0.39, 0.29) is 11.7 Å². The molecule has 0 saturated heterocycles. The predicted molar refractivity (Wildman–Crippen MR) is 126 cm³/mol. The van der Waals surface area contributed by atoms with E-state index in [0.717, 1.165) is 16.1 Å². The fraction of sp³-hybridized carbons (Fsp3) is 0.0417. The second kappa shape index (κ2) is 9.64. The number of benzene rings is 3. The Morgan fingerprint density at radius 2 is 1.68 bits per heavy atom. The van der Waals surface area contributed by atoms with E-state index in [1.165, 1.54) is 11.9 Å². The van der Waals surface area contributed by atoms with Crippen LogP contribution in [-0.2, 0) is 0 Å². The Hall–Kier alpha value is -3.35. The molecule has 7 heteroatoms. The molecule has 1 heterocycles. The molecule has 0 aliphatic carbocycles. The fourth-order valence-corrected chi connectivity index (χ4v) is 3.80. The lowest BCUT2D eigenvalue weighted by molar-refractivity contribution is 0.0997. The Labute approximate surface area is 189 Å². The zero-order valence-electron chi connectivity index (χ0n) is 16.6. The first-order chi connectivity index (χ1) is 15.1. The molecule has 156 valence electrons. The van der Waals surface area contributed by atoms with Crippen LogP contribution in [-0.4, -0.2) is 13.0 Å². The Kier molecular flexibility index (Phi) is 6.50. The van der Waals surface area contributed by atoms with Crippen LogP contribution in [0.15, 0.2) is 94.2 Å². The molecule has 0 aliphatic rings. The van der Waals surface area contributed by atoms with E-state index in [4.69, 9.17) is 20.8 Å². The van der Waals surface area contributed by atoms with Crippen LogP contribution in [0.4, 0.5) is 11.4 Å². The molecule has 0 spiro atoms. The van der Waals surface area contributed by atoms with Gasteiger partial charge in [-0.1, -0.05) is 41.9 Å². The Morgan fingerprint density at radius 3 is 2.42 bits per heavy atom. The zero-order chi connectivity index (χ0) is 21.6. The summed E-state index contributed by atoms with van der Waals surface area (Å²) in [6, 6.07) is 25.9. The van der Waals surface area contributed by atoms with E-state index in [1.807, 2.05) is 60.7 Å². The number of carbonyl (C=O) groups excluding carboxylic acids is 1. The average molecular weight is 451 g/mol. The third-order valence-corrected chi connectivity index (χ3v) is 5.56. The van der Waals surface area contributed by atoms with Gasteiger partial charge < -0.3 is 19.2 Å². The lowest BCUT2D eigenvalue weighted by Crippen LogP contribution is -2.11. The normalized spacial score (nSPS) is 10.5. The van der Waals surface area contributed by atoms with Gasteiger partial charge in [-0.2, -0.15) is 0 Å². The molecule has 0 fully saturated rings. The number of ether oxygens (including phenoxy) is 1. The molecular formula is C24H19ClN2O3S. The number of carbonyl (C=O) groups is 1. The number of furan rings is 1. The molecule has 4 aromatic rings. The van der Waals surface area contributed by atoms with Crippen LogP contribution in [0.1, 0.15) is 10.6 Å². The van der Waals surface area contributed by atoms with Gasteiger partial charge in [-0.3, -0.25) is 4.79 Å². The van der Waals surface area contributed by atoms with Crippen LogP contribution in [0.25, 0.3) is 11.3 Å². The number of amides is 1. The lowest BCUT2D eigenvalue weighted by Gasteiger charge is -2.12. The van der Waals surface area contributed by atoms with E-state index >= 15 is 0 Å². The molecule has 1 amide bonds. The number of hydrogen-bond donors (Lipinski definition) is 2. The van der Waals surface area contributed by atoms with Crippen molar-refractivity contribution in [3.63, 3.8) is 0 Å². The molecule has 0 saturated carbocycles. The van der Waals surface area contributed by atoms with Gasteiger partial charge in [0.1, 0.15) is 11.5 Å². The van der Waals surface area contributed by atoms with E-state index in [1.54, 1.807) is 31.4 Å². The number of methoxy groups -OCH3 is 1. The summed E-state index contributed by atoms with van der Waals surface area (Å²) in [5.41, 5.74) is 2.44. The highest BCUT2D eigenvalue weighted by Crippen LogP contribution is 2.33. The molecule has 0 atom stereocenters. The molecule has 0 bridgehead atoms. The van der Waals surface area contributed by atoms with Gasteiger partial charge in [-0.25, -0.2) is 0 Å². The maximum atomic E-state index is 12.7. The SMILES string of the molecule is COc1ccc(NC(=O)c2ccc(-c3ccccc3)o2)cc1SNc1ccc(Cl)cc1. The highest BCUT2D eigenvalue weighted by Gasteiger charge is 2.14. The first kappa shape index (κ1) is 20.9. The van der Waals surface area contributed by atoms with Crippen molar-refractivity contribution in [3.8, 4) is 17.1 Å². The van der Waals surface area contributed by atoms with Crippen LogP contribution in [0, 0.1) is 0 Å². The number of rotatable bonds is 7. The van der Waals surface area contributed by atoms with Crippen molar-refractivity contribution in [2.24, 2.45) is 0 Å². The summed E-state index contributed by atoms with van der Waals surface area (Å²) in [7, 11) is 1.61. The van der Waals surface area contributed by atoms with Gasteiger partial charge in [0.05, 0.1) is 12.0 Å². The third kappa shape index (κ3) is 5.23. The first-order valence-corrected chi connectivity index (χ1v) is 10.6. The van der Waals surface area contributed by atoms with E-state index in [2.05, 4.69) is 10.0 Å². The van der Waals surface area contributed by atoms with Crippen LogP contribution < -0.4 is 14.8 Å². The maximum absolute atomic E-state index is 12.7. The van der Waals surface area contributed by atoms with Gasteiger partial charge in [0.2, 0.25) is 0 Å². The van der Waals surface area contributed by atoms with Gasteiger partial charge in [-0.15, -0.1) is 0 Å². The topological polar surface area (TPSA) is 63.5 Å². The van der Waals surface area contributed by atoms with Crippen molar-refractivity contribution in [2.75, 3.05) is 17.1 Å². The lowest BCUT2D eigenvalue weighted by atomic mass is 10.2. The summed E-state index contributed by atoms with van der Waals surface area (Å²) < 4.78 is 14.4. The Bertz CT molecular complexity index is 1180. The minimum atomic E-state index is -0.325. The molecular weight excluding hydrogens is 432 g/mol. The molecule has 31 heavy (non-hydrogen) atoms. The standard InChI is InChI=1S/C24H19ClN2O3S/c1-29-21-12-11-19(15-23(21)31-27-18-9-7-17(25)8-10-18)26-24(28)22-14-13-20(30-22)16-5-3-2-4-6-16/h2-15,27H,1H3,(H,26,28). The second-order valence-corrected chi connectivity index (χ2v) is 7.85. The fourth-order valence-electron chi connectivity index (χ4n) is 2.88. The molecule has 0 radical (unpaired) electrons. The van der Waals surface area contributed by atoms with Gasteiger partial charge in [0.15, 0.2) is 5.76 Å². The molecule has 0 aliphatic heterocycles. The van der Waals surface area contributed by atoms with Crippen molar-refractivity contribution in [1.29, 1.82) is 0 Å². The highest BCUT2D eigenvalue weighted by molar-refractivity contribution is 8.00. The van der Waals surface area contributed by atoms with Gasteiger partial charge in [0.25, 0.3) is 5.91 Å². The van der Waals surface area contributed by atoms with Crippen molar-refractivity contribution in [2.45, 2.75) is 4.90 Å². The highest BCUT2D eigenvalue weighted by atomic mass is 35.5. The van der Waals surface area contributed by atoms with Crippen molar-refractivity contribution < 1.29 is 13.9 Å². The molecule has 3 aromatic carbocycles. The van der Waals surface area contributed by atoms with Gasteiger partial charge in [-0.05, 0) is 66.5 Å². The molecule has 1 aromatic heterocycles. The Morgan fingerprint density at radius 1 is 0.935 bits per heavy atom. The van der Waals surface area contributed by atoms with Crippen LogP contribution >= 0.6 is 23.5 Å². The predicted octanol–water partition coefficient (Wildman–Crippen LogP) is 6.98. The largest absolute Gasteiger partial charge is 0.496 e. The number of halogens is 1. The first-order valence-electron chi connectivity index (χ1n) is 9.45.